The lowest BCUT2D eigenvalue weighted by molar-refractivity contribution is -0.135. The van der Waals surface area contributed by atoms with Crippen LogP contribution in [0.15, 0.2) is 18.2 Å². The Morgan fingerprint density at radius 1 is 1.37 bits per heavy atom. The van der Waals surface area contributed by atoms with Gasteiger partial charge in [0.05, 0.1) is 6.54 Å². The molecule has 0 unspecified atom stereocenters. The Morgan fingerprint density at radius 2 is 2.05 bits per heavy atom. The summed E-state index contributed by atoms with van der Waals surface area (Å²) in [5, 5.41) is 2.27. The van der Waals surface area contributed by atoms with E-state index in [-0.39, 0.29) is 13.1 Å². The van der Waals surface area contributed by atoms with Gasteiger partial charge in [-0.3, -0.25) is 14.9 Å². The van der Waals surface area contributed by atoms with Crippen LogP contribution in [0.1, 0.15) is 19.4 Å². The summed E-state index contributed by atoms with van der Waals surface area (Å²) in [6.45, 7) is 3.56. The zero-order valence-electron chi connectivity index (χ0n) is 10.9. The first kappa shape index (κ1) is 13.5. The molecule has 0 spiro atoms. The maximum absolute atomic E-state index is 13.5. The summed E-state index contributed by atoms with van der Waals surface area (Å²) < 4.78 is 13.5. The number of nitrogens with zero attached hydrogens (tertiary/aromatic N) is 1. The highest BCUT2D eigenvalue weighted by atomic mass is 19.1. The number of carbonyl (C=O) groups is 2. The summed E-state index contributed by atoms with van der Waals surface area (Å²) in [5.41, 5.74) is 5.68. The van der Waals surface area contributed by atoms with E-state index in [0.717, 1.165) is 0 Å². The van der Waals surface area contributed by atoms with Crippen LogP contribution in [-0.2, 0) is 16.1 Å². The number of nitrogens with two attached hydrogens (primary N) is 1. The fourth-order valence-corrected chi connectivity index (χ4v) is 2.10. The zero-order chi connectivity index (χ0) is 14.2. The molecule has 102 valence electrons. The van der Waals surface area contributed by atoms with E-state index in [1.807, 2.05) is 0 Å². The minimum atomic E-state index is -0.923. The van der Waals surface area contributed by atoms with Crippen molar-refractivity contribution in [2.45, 2.75) is 25.9 Å². The van der Waals surface area contributed by atoms with Gasteiger partial charge in [-0.05, 0) is 37.6 Å². The molecule has 0 radical (unpaired) electrons. The number of piperazine rings is 1. The van der Waals surface area contributed by atoms with Gasteiger partial charge in [-0.1, -0.05) is 0 Å². The Hall–Kier alpha value is -1.95. The number of nitrogens with one attached hydrogen (secondary N) is 1. The standard InChI is InChI=1S/C13H16FN3O2/c1-13(2)12(19)16-11(18)7-17(13)10-4-8(6-15)3-9(14)5-10/h3-5H,6-7,15H2,1-2H3,(H,16,18,19). The number of halogens is 1. The van der Waals surface area contributed by atoms with Crippen molar-refractivity contribution in [3.05, 3.63) is 29.6 Å². The first-order valence-electron chi connectivity index (χ1n) is 5.96. The van der Waals surface area contributed by atoms with Gasteiger partial charge in [0.1, 0.15) is 11.4 Å². The number of hydrogen-bond acceptors (Lipinski definition) is 4. The van der Waals surface area contributed by atoms with Crippen molar-refractivity contribution in [2.24, 2.45) is 5.73 Å². The van der Waals surface area contributed by atoms with Crippen LogP contribution in [0.4, 0.5) is 10.1 Å². The van der Waals surface area contributed by atoms with Gasteiger partial charge >= 0.3 is 0 Å². The lowest BCUT2D eigenvalue weighted by Crippen LogP contribution is -2.64. The second-order valence-corrected chi connectivity index (χ2v) is 5.04. The molecule has 0 aromatic heterocycles. The van der Waals surface area contributed by atoms with Gasteiger partial charge in [-0.2, -0.15) is 0 Å². The second kappa shape index (κ2) is 4.62. The Morgan fingerprint density at radius 3 is 2.68 bits per heavy atom. The van der Waals surface area contributed by atoms with Gasteiger partial charge in [-0.15, -0.1) is 0 Å². The number of anilines is 1. The summed E-state index contributed by atoms with van der Waals surface area (Å²) >= 11 is 0. The van der Waals surface area contributed by atoms with E-state index in [0.29, 0.717) is 11.3 Å². The van der Waals surface area contributed by atoms with E-state index < -0.39 is 23.2 Å². The van der Waals surface area contributed by atoms with Crippen molar-refractivity contribution in [3.8, 4) is 0 Å². The maximum atomic E-state index is 13.5. The molecule has 0 saturated carbocycles. The summed E-state index contributed by atoms with van der Waals surface area (Å²) in [5.74, 6) is -1.24. The van der Waals surface area contributed by atoms with Gasteiger partial charge in [0.25, 0.3) is 5.91 Å². The van der Waals surface area contributed by atoms with Gasteiger partial charge < -0.3 is 10.6 Å². The van der Waals surface area contributed by atoms with Crippen LogP contribution < -0.4 is 16.0 Å². The Labute approximate surface area is 110 Å². The monoisotopic (exact) mass is 265 g/mol. The van der Waals surface area contributed by atoms with Crippen LogP contribution >= 0.6 is 0 Å². The topological polar surface area (TPSA) is 75.4 Å². The van der Waals surface area contributed by atoms with Gasteiger partial charge in [0.2, 0.25) is 5.91 Å². The summed E-state index contributed by atoms with van der Waals surface area (Å²) in [7, 11) is 0. The number of imide groups is 1. The lowest BCUT2D eigenvalue weighted by Gasteiger charge is -2.41. The van der Waals surface area contributed by atoms with E-state index in [4.69, 9.17) is 5.73 Å². The average molecular weight is 265 g/mol. The van der Waals surface area contributed by atoms with E-state index >= 15 is 0 Å². The number of rotatable bonds is 2. The zero-order valence-corrected chi connectivity index (χ0v) is 10.9. The van der Waals surface area contributed by atoms with E-state index in [9.17, 15) is 14.0 Å². The van der Waals surface area contributed by atoms with Crippen molar-refractivity contribution in [3.63, 3.8) is 0 Å². The molecule has 1 saturated heterocycles. The smallest absolute Gasteiger partial charge is 0.251 e. The van der Waals surface area contributed by atoms with E-state index in [1.165, 1.54) is 12.1 Å². The molecule has 19 heavy (non-hydrogen) atoms. The molecule has 3 N–H and O–H groups in total. The predicted molar refractivity (Wildman–Crippen MR) is 68.9 cm³/mol. The van der Waals surface area contributed by atoms with Crippen LogP contribution in [0, 0.1) is 5.82 Å². The molecule has 2 rings (SSSR count). The summed E-state index contributed by atoms with van der Waals surface area (Å²) in [4.78, 5) is 24.9. The molecule has 1 fully saturated rings. The molecule has 1 aliphatic heterocycles. The normalized spacial score (nSPS) is 18.4. The second-order valence-electron chi connectivity index (χ2n) is 5.04. The number of benzene rings is 1. The Balaban J connectivity index is 2.46. The fourth-order valence-electron chi connectivity index (χ4n) is 2.10. The van der Waals surface area contributed by atoms with Crippen LogP contribution in [0.3, 0.4) is 0 Å². The van der Waals surface area contributed by atoms with Crippen molar-refractivity contribution in [2.75, 3.05) is 11.4 Å². The molecule has 1 heterocycles. The summed E-state index contributed by atoms with van der Waals surface area (Å²) in [6.07, 6.45) is 0. The molecular formula is C13H16FN3O2. The molecule has 5 nitrogen and oxygen atoms in total. The first-order chi connectivity index (χ1) is 8.84. The van der Waals surface area contributed by atoms with Gasteiger partial charge in [0.15, 0.2) is 0 Å². The van der Waals surface area contributed by atoms with Crippen molar-refractivity contribution >= 4 is 17.5 Å². The quantitative estimate of drug-likeness (QED) is 0.765. The third-order valence-electron chi connectivity index (χ3n) is 3.27. The third kappa shape index (κ3) is 2.44. The first-order valence-corrected chi connectivity index (χ1v) is 5.96. The average Bonchev–Trinajstić information content (AvgIpc) is 2.33. The molecule has 0 bridgehead atoms. The highest BCUT2D eigenvalue weighted by Crippen LogP contribution is 2.28. The molecule has 2 amide bonds. The minimum Gasteiger partial charge on any atom is -0.348 e. The molecule has 6 heteroatoms. The third-order valence-corrected chi connectivity index (χ3v) is 3.27. The molecule has 1 aromatic rings. The van der Waals surface area contributed by atoms with Crippen molar-refractivity contribution in [1.82, 2.24) is 5.32 Å². The molecule has 0 atom stereocenters. The van der Waals surface area contributed by atoms with Crippen LogP contribution in [0.25, 0.3) is 0 Å². The molecular weight excluding hydrogens is 249 g/mol. The number of hydrogen-bond donors (Lipinski definition) is 2. The van der Waals surface area contributed by atoms with Gasteiger partial charge in [-0.25, -0.2) is 4.39 Å². The number of amides is 2. The van der Waals surface area contributed by atoms with Crippen molar-refractivity contribution in [1.29, 1.82) is 0 Å². The number of carbonyl (C=O) groups excluding carboxylic acids is 2. The van der Waals surface area contributed by atoms with Crippen molar-refractivity contribution < 1.29 is 14.0 Å². The van der Waals surface area contributed by atoms with E-state index in [1.54, 1.807) is 24.8 Å². The molecule has 1 aliphatic rings. The summed E-state index contributed by atoms with van der Waals surface area (Å²) in [6, 6.07) is 4.33. The fraction of sp³-hybridized carbons (Fsp3) is 0.385. The predicted octanol–water partition coefficient (Wildman–Crippen LogP) is 0.526. The highest BCUT2D eigenvalue weighted by Gasteiger charge is 2.41. The SMILES string of the molecule is CC1(C)C(=O)NC(=O)CN1c1cc(F)cc(CN)c1. The molecule has 0 aliphatic carbocycles. The van der Waals surface area contributed by atoms with Gasteiger partial charge in [0, 0.05) is 12.2 Å². The van der Waals surface area contributed by atoms with Crippen LogP contribution in [0.2, 0.25) is 0 Å². The maximum Gasteiger partial charge on any atom is 0.251 e. The lowest BCUT2D eigenvalue weighted by atomic mass is 9.97. The highest BCUT2D eigenvalue weighted by molar-refractivity contribution is 6.06. The minimum absolute atomic E-state index is 0.00616. The van der Waals surface area contributed by atoms with E-state index in [2.05, 4.69) is 5.32 Å². The Kier molecular flexibility index (Phi) is 3.28. The van der Waals surface area contributed by atoms with Crippen LogP contribution in [0.5, 0.6) is 0 Å². The molecule has 1 aromatic carbocycles. The van der Waals surface area contributed by atoms with Crippen LogP contribution in [-0.4, -0.2) is 23.9 Å². The largest absolute Gasteiger partial charge is 0.348 e. The Bertz CT molecular complexity index is 543.